The van der Waals surface area contributed by atoms with Gasteiger partial charge in [0.15, 0.2) is 23.0 Å². The fourth-order valence-electron chi connectivity index (χ4n) is 4.67. The lowest BCUT2D eigenvalue weighted by Crippen LogP contribution is -2.18. The van der Waals surface area contributed by atoms with E-state index >= 15 is 0 Å². The summed E-state index contributed by atoms with van der Waals surface area (Å²) >= 11 is 0. The van der Waals surface area contributed by atoms with Crippen molar-refractivity contribution >= 4 is 23.1 Å². The zero-order valence-electron chi connectivity index (χ0n) is 25.8. The van der Waals surface area contributed by atoms with E-state index in [1.807, 2.05) is 0 Å². The van der Waals surface area contributed by atoms with Gasteiger partial charge in [-0.05, 0) is 59.7 Å². The lowest BCUT2D eigenvalue weighted by atomic mass is 9.87. The van der Waals surface area contributed by atoms with Crippen LogP contribution in [0.4, 0.5) is 0 Å². The van der Waals surface area contributed by atoms with Crippen LogP contribution in [0.5, 0.6) is 46.0 Å². The van der Waals surface area contributed by atoms with Crippen molar-refractivity contribution in [2.75, 3.05) is 42.7 Å². The fraction of sp³-hybridized carbons (Fsp3) is 0.176. The number of phenols is 2. The molecule has 4 rings (SSSR count). The summed E-state index contributed by atoms with van der Waals surface area (Å²) in [6, 6.07) is 12.9. The van der Waals surface area contributed by atoms with Crippen molar-refractivity contribution in [1.29, 1.82) is 0 Å². The molecule has 0 aliphatic heterocycles. The van der Waals surface area contributed by atoms with Crippen molar-refractivity contribution in [1.82, 2.24) is 0 Å². The van der Waals surface area contributed by atoms with Gasteiger partial charge in [-0.15, -0.1) is 0 Å². The molecule has 0 unspecified atom stereocenters. The Kier molecular flexibility index (Phi) is 9.80. The minimum atomic E-state index is -1.09. The molecule has 0 heterocycles. The summed E-state index contributed by atoms with van der Waals surface area (Å²) < 4.78 is 31.4. The maximum atomic E-state index is 13.8. The Morgan fingerprint density at radius 2 is 0.717 bits per heavy atom. The van der Waals surface area contributed by atoms with Crippen LogP contribution in [0.15, 0.2) is 60.7 Å². The molecule has 0 spiro atoms. The van der Waals surface area contributed by atoms with Crippen LogP contribution in [0.2, 0.25) is 0 Å². The van der Waals surface area contributed by atoms with Gasteiger partial charge < -0.3 is 38.6 Å². The number of phenolic OH excluding ortho intramolecular Hbond substituents is 2. The standard InChI is InChI=1S/C34H30O12/c1-41-19-7-17(8-20(11-19)42-2)31(37)33(39)25-13-27(35)29(45-5)15-23(25)24-16-30(46-6)28(36)14-26(24)34(40)32(38)18-9-21(43-3)12-22(10-18)44-4/h7-16,35-36H,1-6H3. The van der Waals surface area contributed by atoms with E-state index in [0.29, 0.717) is 0 Å². The molecule has 0 fully saturated rings. The molecule has 0 atom stereocenters. The molecule has 0 saturated carbocycles. The predicted octanol–water partition coefficient (Wildman–Crippen LogP) is 4.95. The van der Waals surface area contributed by atoms with Crippen molar-refractivity contribution in [2.24, 2.45) is 0 Å². The molecule has 0 amide bonds. The van der Waals surface area contributed by atoms with E-state index in [4.69, 9.17) is 28.4 Å². The van der Waals surface area contributed by atoms with E-state index in [1.165, 1.54) is 91.2 Å². The number of ether oxygens (including phenoxy) is 6. The van der Waals surface area contributed by atoms with Gasteiger partial charge in [0.05, 0.1) is 42.7 Å². The highest BCUT2D eigenvalue weighted by Crippen LogP contribution is 2.42. The monoisotopic (exact) mass is 630 g/mol. The second-order valence-corrected chi connectivity index (χ2v) is 9.66. The van der Waals surface area contributed by atoms with Crippen molar-refractivity contribution in [2.45, 2.75) is 0 Å². The van der Waals surface area contributed by atoms with E-state index in [-0.39, 0.29) is 67.9 Å². The number of benzene rings is 4. The fourth-order valence-corrected chi connectivity index (χ4v) is 4.67. The molecule has 4 aromatic rings. The molecule has 12 heteroatoms. The third kappa shape index (κ3) is 6.41. The van der Waals surface area contributed by atoms with E-state index in [0.717, 1.165) is 12.1 Å². The van der Waals surface area contributed by atoms with Crippen LogP contribution < -0.4 is 28.4 Å². The van der Waals surface area contributed by atoms with Crippen LogP contribution in [-0.4, -0.2) is 76.0 Å². The first-order valence-corrected chi connectivity index (χ1v) is 13.5. The van der Waals surface area contributed by atoms with Gasteiger partial charge in [-0.25, -0.2) is 0 Å². The highest BCUT2D eigenvalue weighted by molar-refractivity contribution is 6.52. The van der Waals surface area contributed by atoms with Crippen LogP contribution in [0.3, 0.4) is 0 Å². The van der Waals surface area contributed by atoms with Gasteiger partial charge in [-0.1, -0.05) is 0 Å². The zero-order chi connectivity index (χ0) is 33.7. The lowest BCUT2D eigenvalue weighted by molar-refractivity contribution is 0.0815. The molecule has 4 aromatic carbocycles. The quantitative estimate of drug-likeness (QED) is 0.151. The van der Waals surface area contributed by atoms with E-state index in [2.05, 4.69) is 0 Å². The summed E-state index contributed by atoms with van der Waals surface area (Å²) in [4.78, 5) is 54.8. The Morgan fingerprint density at radius 3 is 0.978 bits per heavy atom. The van der Waals surface area contributed by atoms with Crippen LogP contribution >= 0.6 is 0 Å². The number of hydrogen-bond acceptors (Lipinski definition) is 12. The molecule has 0 aromatic heterocycles. The van der Waals surface area contributed by atoms with Crippen molar-refractivity contribution in [3.05, 3.63) is 82.9 Å². The summed E-state index contributed by atoms with van der Waals surface area (Å²) in [5.74, 6) is -4.37. The topological polar surface area (TPSA) is 164 Å². The maximum Gasteiger partial charge on any atom is 0.234 e. The molecule has 0 radical (unpaired) electrons. The van der Waals surface area contributed by atoms with E-state index in [9.17, 15) is 29.4 Å². The van der Waals surface area contributed by atoms with Gasteiger partial charge in [0, 0.05) is 34.4 Å². The van der Waals surface area contributed by atoms with Crippen molar-refractivity contribution < 1.29 is 57.8 Å². The average molecular weight is 631 g/mol. The summed E-state index contributed by atoms with van der Waals surface area (Å²) in [6.45, 7) is 0. The highest BCUT2D eigenvalue weighted by Gasteiger charge is 2.30. The molecular formula is C34H30O12. The molecule has 0 aliphatic rings. The summed E-state index contributed by atoms with van der Waals surface area (Å²) in [6.07, 6.45) is 0. The number of ketones is 4. The molecule has 12 nitrogen and oxygen atoms in total. The normalized spacial score (nSPS) is 10.5. The molecule has 2 N–H and O–H groups in total. The SMILES string of the molecule is COc1cc(OC)cc(C(=O)C(=O)c2cc(O)c(OC)cc2-c2cc(OC)c(O)cc2C(=O)C(=O)c2cc(OC)cc(OC)c2)c1. The molecule has 0 aliphatic carbocycles. The summed E-state index contributed by atoms with van der Waals surface area (Å²) in [5, 5.41) is 21.3. The Bertz CT molecular complexity index is 1680. The first-order valence-electron chi connectivity index (χ1n) is 13.5. The number of methoxy groups -OCH3 is 6. The van der Waals surface area contributed by atoms with Crippen molar-refractivity contribution in [3.8, 4) is 57.1 Å². The first kappa shape index (κ1) is 32.9. The number of carbonyl (C=O) groups is 4. The van der Waals surface area contributed by atoms with Gasteiger partial charge in [0.25, 0.3) is 0 Å². The second kappa shape index (κ2) is 13.7. The molecule has 0 bridgehead atoms. The third-order valence-electron chi connectivity index (χ3n) is 7.06. The predicted molar refractivity (Wildman–Crippen MR) is 165 cm³/mol. The number of rotatable bonds is 13. The molecule has 0 saturated heterocycles. The Morgan fingerprint density at radius 1 is 0.413 bits per heavy atom. The average Bonchev–Trinajstić information content (AvgIpc) is 3.09. The minimum absolute atomic E-state index is 0.0794. The van der Waals surface area contributed by atoms with Crippen LogP contribution in [-0.2, 0) is 0 Å². The number of Topliss-reactive ketones (excluding diaryl/α,β-unsaturated/α-hetero) is 4. The summed E-state index contributed by atoms with van der Waals surface area (Å²) in [5.41, 5.74) is -1.01. The van der Waals surface area contributed by atoms with Gasteiger partial charge in [0.2, 0.25) is 23.1 Å². The number of aromatic hydroxyl groups is 2. The Balaban J connectivity index is 1.95. The van der Waals surface area contributed by atoms with Crippen molar-refractivity contribution in [3.63, 3.8) is 0 Å². The number of hydrogen-bond donors (Lipinski definition) is 2. The maximum absolute atomic E-state index is 13.8. The third-order valence-corrected chi connectivity index (χ3v) is 7.06. The lowest BCUT2D eigenvalue weighted by Gasteiger charge is -2.17. The van der Waals surface area contributed by atoms with E-state index in [1.54, 1.807) is 0 Å². The number of carbonyl (C=O) groups excluding carboxylic acids is 4. The minimum Gasteiger partial charge on any atom is -0.504 e. The molecule has 238 valence electrons. The second-order valence-electron chi connectivity index (χ2n) is 9.66. The van der Waals surface area contributed by atoms with Gasteiger partial charge in [-0.2, -0.15) is 0 Å². The largest absolute Gasteiger partial charge is 0.504 e. The zero-order valence-corrected chi connectivity index (χ0v) is 25.8. The summed E-state index contributed by atoms with van der Waals surface area (Å²) in [7, 11) is 8.04. The first-order chi connectivity index (χ1) is 22.0. The molecule has 46 heavy (non-hydrogen) atoms. The Labute approximate surface area is 263 Å². The van der Waals surface area contributed by atoms with Gasteiger partial charge in [0.1, 0.15) is 23.0 Å². The Hall–Kier alpha value is -6.04. The van der Waals surface area contributed by atoms with Crippen LogP contribution in [0.25, 0.3) is 11.1 Å². The van der Waals surface area contributed by atoms with Crippen LogP contribution in [0, 0.1) is 0 Å². The van der Waals surface area contributed by atoms with Crippen LogP contribution in [0.1, 0.15) is 41.4 Å². The van der Waals surface area contributed by atoms with Gasteiger partial charge in [-0.3, -0.25) is 19.2 Å². The van der Waals surface area contributed by atoms with Gasteiger partial charge >= 0.3 is 0 Å². The smallest absolute Gasteiger partial charge is 0.234 e. The molecular weight excluding hydrogens is 600 g/mol. The van der Waals surface area contributed by atoms with E-state index < -0.39 is 34.6 Å². The highest BCUT2D eigenvalue weighted by atomic mass is 16.5.